The highest BCUT2D eigenvalue weighted by atomic mass is 127. The topological polar surface area (TPSA) is 101 Å². The number of nitrogens with one attached hydrogen (secondary N) is 3. The standard InChI is InChI=1S/C24H22FIN4O4/c1-15-5-3-4-6-20(15)29-24(32)30-27-13-16-11-19(26)23(21(12-16)33-2)34-14-22(31)28-18-9-7-17(25)8-10-18/h3-13H,14H2,1-2H3,(H,28,31)(H2,29,30,32). The lowest BCUT2D eigenvalue weighted by molar-refractivity contribution is -0.118. The number of benzene rings is 3. The zero-order valence-electron chi connectivity index (χ0n) is 18.4. The number of carbonyl (C=O) groups is 2. The highest BCUT2D eigenvalue weighted by molar-refractivity contribution is 14.1. The van der Waals surface area contributed by atoms with Crippen LogP contribution in [0.3, 0.4) is 0 Å². The zero-order valence-corrected chi connectivity index (χ0v) is 20.6. The maximum absolute atomic E-state index is 13.0. The Bertz CT molecular complexity index is 1200. The Morgan fingerprint density at radius 2 is 1.82 bits per heavy atom. The summed E-state index contributed by atoms with van der Waals surface area (Å²) in [7, 11) is 1.48. The number of hydrogen-bond acceptors (Lipinski definition) is 5. The maximum Gasteiger partial charge on any atom is 0.339 e. The van der Waals surface area contributed by atoms with E-state index < -0.39 is 11.9 Å². The van der Waals surface area contributed by atoms with Crippen molar-refractivity contribution in [2.45, 2.75) is 6.92 Å². The number of anilines is 2. The van der Waals surface area contributed by atoms with Gasteiger partial charge < -0.3 is 20.1 Å². The Morgan fingerprint density at radius 3 is 2.53 bits per heavy atom. The summed E-state index contributed by atoms with van der Waals surface area (Å²) >= 11 is 2.05. The molecule has 176 valence electrons. The average molecular weight is 576 g/mol. The van der Waals surface area contributed by atoms with Crippen molar-refractivity contribution in [3.05, 3.63) is 81.2 Å². The highest BCUT2D eigenvalue weighted by Crippen LogP contribution is 2.33. The van der Waals surface area contributed by atoms with Crippen LogP contribution in [0.4, 0.5) is 20.6 Å². The van der Waals surface area contributed by atoms with Gasteiger partial charge in [0.2, 0.25) is 0 Å². The Kier molecular flexibility index (Phi) is 8.79. The largest absolute Gasteiger partial charge is 0.493 e. The fourth-order valence-electron chi connectivity index (χ4n) is 2.85. The number of methoxy groups -OCH3 is 1. The van der Waals surface area contributed by atoms with Gasteiger partial charge in [-0.2, -0.15) is 5.10 Å². The van der Waals surface area contributed by atoms with E-state index in [9.17, 15) is 14.0 Å². The molecule has 0 aliphatic heterocycles. The van der Waals surface area contributed by atoms with Crippen LogP contribution in [0.2, 0.25) is 0 Å². The summed E-state index contributed by atoms with van der Waals surface area (Å²) in [4.78, 5) is 24.2. The zero-order chi connectivity index (χ0) is 24.5. The molecule has 0 aromatic heterocycles. The van der Waals surface area contributed by atoms with Gasteiger partial charge >= 0.3 is 6.03 Å². The fraction of sp³-hybridized carbons (Fsp3) is 0.125. The first-order chi connectivity index (χ1) is 16.4. The van der Waals surface area contributed by atoms with Gasteiger partial charge in [0.1, 0.15) is 5.82 Å². The summed E-state index contributed by atoms with van der Waals surface area (Å²) in [6.45, 7) is 1.63. The molecule has 0 aliphatic carbocycles. The lowest BCUT2D eigenvalue weighted by Crippen LogP contribution is -2.24. The van der Waals surface area contributed by atoms with Gasteiger partial charge in [-0.3, -0.25) is 4.79 Å². The predicted octanol–water partition coefficient (Wildman–Crippen LogP) is 4.92. The first-order valence-electron chi connectivity index (χ1n) is 10.1. The number of urea groups is 1. The van der Waals surface area contributed by atoms with Crippen LogP contribution in [-0.4, -0.2) is 31.9 Å². The number of ether oxygens (including phenoxy) is 2. The van der Waals surface area contributed by atoms with Crippen molar-refractivity contribution in [1.29, 1.82) is 0 Å². The van der Waals surface area contributed by atoms with E-state index in [1.807, 2.05) is 25.1 Å². The molecule has 0 radical (unpaired) electrons. The van der Waals surface area contributed by atoms with Crippen LogP contribution in [-0.2, 0) is 4.79 Å². The second-order valence-corrected chi connectivity index (χ2v) is 8.18. The molecular weight excluding hydrogens is 554 g/mol. The summed E-state index contributed by atoms with van der Waals surface area (Å²) in [5.41, 5.74) is 5.15. The smallest absolute Gasteiger partial charge is 0.339 e. The number of carbonyl (C=O) groups excluding carboxylic acids is 2. The van der Waals surface area contributed by atoms with E-state index in [1.54, 1.807) is 18.2 Å². The van der Waals surface area contributed by atoms with E-state index in [1.165, 1.54) is 37.6 Å². The third kappa shape index (κ3) is 7.17. The van der Waals surface area contributed by atoms with Crippen molar-refractivity contribution in [3.63, 3.8) is 0 Å². The van der Waals surface area contributed by atoms with Gasteiger partial charge in [-0.25, -0.2) is 14.6 Å². The molecule has 0 aliphatic rings. The van der Waals surface area contributed by atoms with Gasteiger partial charge in [0.15, 0.2) is 18.1 Å². The molecular formula is C24H22FIN4O4. The summed E-state index contributed by atoms with van der Waals surface area (Å²) in [6.07, 6.45) is 1.47. The minimum atomic E-state index is -0.473. The lowest BCUT2D eigenvalue weighted by atomic mass is 10.2. The molecule has 0 bridgehead atoms. The second-order valence-electron chi connectivity index (χ2n) is 7.02. The van der Waals surface area contributed by atoms with Crippen molar-refractivity contribution in [1.82, 2.24) is 5.43 Å². The van der Waals surface area contributed by atoms with Crippen LogP contribution in [0.15, 0.2) is 65.8 Å². The van der Waals surface area contributed by atoms with Crippen molar-refractivity contribution in [2.24, 2.45) is 5.10 Å². The Morgan fingerprint density at radius 1 is 1.09 bits per heavy atom. The van der Waals surface area contributed by atoms with Gasteiger partial charge in [-0.05, 0) is 83.1 Å². The van der Waals surface area contributed by atoms with Crippen molar-refractivity contribution < 1.29 is 23.5 Å². The number of aryl methyl sites for hydroxylation is 1. The van der Waals surface area contributed by atoms with Gasteiger partial charge in [0, 0.05) is 11.4 Å². The fourth-order valence-corrected chi connectivity index (χ4v) is 3.63. The predicted molar refractivity (Wildman–Crippen MR) is 137 cm³/mol. The molecule has 0 spiro atoms. The monoisotopic (exact) mass is 576 g/mol. The van der Waals surface area contributed by atoms with Gasteiger partial charge in [0.05, 0.1) is 16.9 Å². The van der Waals surface area contributed by atoms with Crippen LogP contribution >= 0.6 is 22.6 Å². The van der Waals surface area contributed by atoms with Crippen molar-refractivity contribution in [2.75, 3.05) is 24.4 Å². The lowest BCUT2D eigenvalue weighted by Gasteiger charge is -2.13. The number of nitrogens with zero attached hydrogens (tertiary/aromatic N) is 1. The first kappa shape index (κ1) is 25.0. The average Bonchev–Trinajstić information content (AvgIpc) is 2.81. The van der Waals surface area contributed by atoms with Crippen molar-refractivity contribution in [3.8, 4) is 11.5 Å². The minimum Gasteiger partial charge on any atom is -0.493 e. The number of hydrazone groups is 1. The number of rotatable bonds is 8. The Labute approximate surface area is 209 Å². The molecule has 3 rings (SSSR count). The number of amides is 3. The molecule has 0 unspecified atom stereocenters. The Balaban J connectivity index is 1.59. The van der Waals surface area contributed by atoms with E-state index >= 15 is 0 Å². The van der Waals surface area contributed by atoms with E-state index in [-0.39, 0.29) is 12.4 Å². The summed E-state index contributed by atoms with van der Waals surface area (Å²) in [5.74, 6) is -0.00897. The summed E-state index contributed by atoms with van der Waals surface area (Å²) in [6, 6.07) is 15.8. The highest BCUT2D eigenvalue weighted by Gasteiger charge is 2.13. The molecule has 0 heterocycles. The molecule has 0 saturated heterocycles. The minimum absolute atomic E-state index is 0.266. The number of para-hydroxylation sites is 1. The van der Waals surface area contributed by atoms with E-state index in [0.29, 0.717) is 32.0 Å². The quantitative estimate of drug-likeness (QED) is 0.201. The van der Waals surface area contributed by atoms with Crippen LogP contribution in [0.5, 0.6) is 11.5 Å². The van der Waals surface area contributed by atoms with Crippen molar-refractivity contribution >= 4 is 52.1 Å². The molecule has 0 fully saturated rings. The molecule has 3 aromatic carbocycles. The number of hydrogen-bond donors (Lipinski definition) is 3. The normalized spacial score (nSPS) is 10.6. The SMILES string of the molecule is COc1cc(C=NNC(=O)Nc2ccccc2C)cc(I)c1OCC(=O)Nc1ccc(F)cc1. The van der Waals surface area contributed by atoms with Crippen LogP contribution in [0, 0.1) is 16.3 Å². The van der Waals surface area contributed by atoms with Crippen LogP contribution in [0.25, 0.3) is 0 Å². The van der Waals surface area contributed by atoms with E-state index in [2.05, 4.69) is 43.8 Å². The molecule has 0 saturated carbocycles. The molecule has 8 nitrogen and oxygen atoms in total. The van der Waals surface area contributed by atoms with Crippen LogP contribution < -0.4 is 25.5 Å². The Hall–Kier alpha value is -3.67. The van der Waals surface area contributed by atoms with E-state index in [4.69, 9.17) is 9.47 Å². The molecule has 10 heteroatoms. The van der Waals surface area contributed by atoms with Gasteiger partial charge in [-0.15, -0.1) is 0 Å². The summed E-state index contributed by atoms with van der Waals surface area (Å²) < 4.78 is 24.7. The molecule has 3 N–H and O–H groups in total. The molecule has 34 heavy (non-hydrogen) atoms. The number of halogens is 2. The summed E-state index contributed by atoms with van der Waals surface area (Å²) in [5, 5.41) is 9.31. The third-order valence-corrected chi connectivity index (χ3v) is 5.30. The van der Waals surface area contributed by atoms with Gasteiger partial charge in [0.25, 0.3) is 5.91 Å². The molecule has 0 atom stereocenters. The van der Waals surface area contributed by atoms with Crippen LogP contribution in [0.1, 0.15) is 11.1 Å². The third-order valence-electron chi connectivity index (χ3n) is 4.50. The second kappa shape index (κ2) is 12.0. The molecule has 3 amide bonds. The molecule has 3 aromatic rings. The first-order valence-corrected chi connectivity index (χ1v) is 11.1. The maximum atomic E-state index is 13.0. The van der Waals surface area contributed by atoms with E-state index in [0.717, 1.165) is 5.56 Å². The van der Waals surface area contributed by atoms with Gasteiger partial charge in [-0.1, -0.05) is 18.2 Å².